The van der Waals surface area contributed by atoms with Crippen LogP contribution in [0.5, 0.6) is 11.5 Å². The Balaban J connectivity index is 2.61. The Hall–Kier alpha value is -1.23. The topological polar surface area (TPSA) is 47.6 Å². The van der Waals surface area contributed by atoms with E-state index < -0.39 is 0 Å². The summed E-state index contributed by atoms with van der Waals surface area (Å²) in [5, 5.41) is 3.78. The summed E-state index contributed by atoms with van der Waals surface area (Å²) in [7, 11) is 1.58. The van der Waals surface area contributed by atoms with Gasteiger partial charge in [0.1, 0.15) is 0 Å². The molecule has 19 heavy (non-hydrogen) atoms. The van der Waals surface area contributed by atoms with Crippen molar-refractivity contribution in [2.24, 2.45) is 0 Å². The minimum absolute atomic E-state index is 0.0205. The molecular weight excluding hydrogens is 310 g/mol. The molecule has 0 saturated carbocycles. The fraction of sp³-hybridized carbons (Fsp3) is 0.500. The third-order valence-electron chi connectivity index (χ3n) is 2.53. The highest BCUT2D eigenvalue weighted by Gasteiger charge is 2.07. The van der Waals surface area contributed by atoms with Crippen molar-refractivity contribution in [2.75, 3.05) is 24.4 Å². The highest BCUT2D eigenvalue weighted by molar-refractivity contribution is 9.09. The number of alkyl halides is 1. The van der Waals surface area contributed by atoms with Gasteiger partial charge in [0.15, 0.2) is 11.5 Å². The lowest BCUT2D eigenvalue weighted by Gasteiger charge is -2.11. The fourth-order valence-corrected chi connectivity index (χ4v) is 2.02. The smallest absolute Gasteiger partial charge is 0.224 e. The number of hydrogen-bond donors (Lipinski definition) is 1. The van der Waals surface area contributed by atoms with Crippen molar-refractivity contribution < 1.29 is 14.3 Å². The average Bonchev–Trinajstić information content (AvgIpc) is 2.41. The number of rotatable bonds is 8. The summed E-state index contributed by atoms with van der Waals surface area (Å²) in [6.45, 7) is 2.49. The number of methoxy groups -OCH3 is 1. The Kier molecular flexibility index (Phi) is 7.33. The summed E-state index contributed by atoms with van der Waals surface area (Å²) in [5.41, 5.74) is 0.726. The van der Waals surface area contributed by atoms with Crippen molar-refractivity contribution in [2.45, 2.75) is 26.2 Å². The van der Waals surface area contributed by atoms with Gasteiger partial charge in [0.05, 0.1) is 13.7 Å². The molecule has 0 aliphatic heterocycles. The molecule has 0 heterocycles. The second-order valence-corrected chi connectivity index (χ2v) is 4.79. The van der Waals surface area contributed by atoms with Crippen LogP contribution in [0.15, 0.2) is 18.2 Å². The number of unbranched alkanes of at least 4 members (excludes halogenated alkanes) is 1. The zero-order valence-electron chi connectivity index (χ0n) is 11.4. The van der Waals surface area contributed by atoms with Crippen LogP contribution in [0.25, 0.3) is 0 Å². The maximum absolute atomic E-state index is 11.7. The van der Waals surface area contributed by atoms with Crippen LogP contribution in [-0.2, 0) is 4.79 Å². The summed E-state index contributed by atoms with van der Waals surface area (Å²) in [6, 6.07) is 5.39. The highest BCUT2D eigenvalue weighted by atomic mass is 79.9. The van der Waals surface area contributed by atoms with E-state index in [1.807, 2.05) is 13.0 Å². The van der Waals surface area contributed by atoms with E-state index in [-0.39, 0.29) is 5.91 Å². The Morgan fingerprint density at radius 1 is 1.32 bits per heavy atom. The average molecular weight is 330 g/mol. The van der Waals surface area contributed by atoms with Gasteiger partial charge in [0, 0.05) is 23.5 Å². The Morgan fingerprint density at radius 2 is 2.11 bits per heavy atom. The molecule has 1 amide bonds. The first kappa shape index (κ1) is 15.8. The number of amides is 1. The number of ether oxygens (including phenoxy) is 2. The first-order chi connectivity index (χ1) is 9.21. The monoisotopic (exact) mass is 329 g/mol. The standard InChI is InChI=1S/C14H20BrNO3/c1-3-19-12-8-7-11(10-13(12)18-2)16-14(17)6-4-5-9-15/h7-8,10H,3-6,9H2,1-2H3,(H,16,17). The SMILES string of the molecule is CCOc1ccc(NC(=O)CCCCBr)cc1OC. The van der Waals surface area contributed by atoms with E-state index in [1.54, 1.807) is 19.2 Å². The molecule has 0 atom stereocenters. The molecule has 1 N–H and O–H groups in total. The molecule has 5 heteroatoms. The summed E-state index contributed by atoms with van der Waals surface area (Å²) in [5.74, 6) is 1.33. The fourth-order valence-electron chi connectivity index (χ4n) is 1.62. The largest absolute Gasteiger partial charge is 0.493 e. The quantitative estimate of drug-likeness (QED) is 0.585. The number of hydrogen-bond acceptors (Lipinski definition) is 3. The Bertz CT molecular complexity index is 410. The molecule has 0 aliphatic rings. The van der Waals surface area contributed by atoms with Gasteiger partial charge in [-0.25, -0.2) is 0 Å². The molecule has 1 aromatic carbocycles. The Morgan fingerprint density at radius 3 is 2.74 bits per heavy atom. The lowest BCUT2D eigenvalue weighted by Crippen LogP contribution is -2.11. The predicted molar refractivity (Wildman–Crippen MR) is 80.4 cm³/mol. The summed E-state index contributed by atoms with van der Waals surface area (Å²) < 4.78 is 10.7. The number of nitrogens with one attached hydrogen (secondary N) is 1. The van der Waals surface area contributed by atoms with Gasteiger partial charge in [0.2, 0.25) is 5.91 Å². The third kappa shape index (κ3) is 5.51. The lowest BCUT2D eigenvalue weighted by molar-refractivity contribution is -0.116. The van der Waals surface area contributed by atoms with Gasteiger partial charge >= 0.3 is 0 Å². The summed E-state index contributed by atoms with van der Waals surface area (Å²) in [4.78, 5) is 11.7. The molecule has 0 spiro atoms. The van der Waals surface area contributed by atoms with Crippen LogP contribution < -0.4 is 14.8 Å². The lowest BCUT2D eigenvalue weighted by atomic mass is 10.2. The number of carbonyl (C=O) groups is 1. The first-order valence-electron chi connectivity index (χ1n) is 6.38. The molecular formula is C14H20BrNO3. The van der Waals surface area contributed by atoms with Gasteiger partial charge in [-0.2, -0.15) is 0 Å². The summed E-state index contributed by atoms with van der Waals surface area (Å²) in [6.07, 6.45) is 2.41. The molecule has 0 saturated heterocycles. The van der Waals surface area contributed by atoms with Crippen molar-refractivity contribution in [3.63, 3.8) is 0 Å². The van der Waals surface area contributed by atoms with E-state index in [4.69, 9.17) is 9.47 Å². The highest BCUT2D eigenvalue weighted by Crippen LogP contribution is 2.30. The van der Waals surface area contributed by atoms with Crippen LogP contribution in [0.2, 0.25) is 0 Å². The number of carbonyl (C=O) groups excluding carboxylic acids is 1. The van der Waals surface area contributed by atoms with Crippen LogP contribution in [0, 0.1) is 0 Å². The molecule has 0 radical (unpaired) electrons. The minimum Gasteiger partial charge on any atom is -0.493 e. The molecule has 0 fully saturated rings. The van der Waals surface area contributed by atoms with E-state index >= 15 is 0 Å². The second-order valence-electron chi connectivity index (χ2n) is 3.99. The zero-order valence-corrected chi connectivity index (χ0v) is 13.0. The maximum atomic E-state index is 11.7. The predicted octanol–water partition coefficient (Wildman–Crippen LogP) is 3.60. The molecule has 0 bridgehead atoms. The van der Waals surface area contributed by atoms with Crippen LogP contribution >= 0.6 is 15.9 Å². The van der Waals surface area contributed by atoms with Crippen LogP contribution in [-0.4, -0.2) is 25.0 Å². The van der Waals surface area contributed by atoms with Gasteiger partial charge in [-0.1, -0.05) is 15.9 Å². The van der Waals surface area contributed by atoms with Crippen molar-refractivity contribution in [3.05, 3.63) is 18.2 Å². The van der Waals surface area contributed by atoms with Crippen molar-refractivity contribution in [3.8, 4) is 11.5 Å². The molecule has 106 valence electrons. The second kappa shape index (κ2) is 8.80. The molecule has 0 unspecified atom stereocenters. The van der Waals surface area contributed by atoms with Gasteiger partial charge in [-0.05, 0) is 31.9 Å². The third-order valence-corrected chi connectivity index (χ3v) is 3.10. The van der Waals surface area contributed by atoms with E-state index in [1.165, 1.54) is 0 Å². The maximum Gasteiger partial charge on any atom is 0.224 e. The normalized spacial score (nSPS) is 10.1. The molecule has 1 aromatic rings. The van der Waals surface area contributed by atoms with E-state index in [2.05, 4.69) is 21.2 Å². The van der Waals surface area contributed by atoms with Gasteiger partial charge in [-0.3, -0.25) is 4.79 Å². The van der Waals surface area contributed by atoms with Crippen LogP contribution in [0.1, 0.15) is 26.2 Å². The Labute approximate surface area is 122 Å². The molecule has 4 nitrogen and oxygen atoms in total. The number of benzene rings is 1. The van der Waals surface area contributed by atoms with E-state index in [0.717, 1.165) is 23.9 Å². The van der Waals surface area contributed by atoms with Gasteiger partial charge < -0.3 is 14.8 Å². The molecule has 1 rings (SSSR count). The van der Waals surface area contributed by atoms with E-state index in [0.29, 0.717) is 24.5 Å². The summed E-state index contributed by atoms with van der Waals surface area (Å²) >= 11 is 3.35. The van der Waals surface area contributed by atoms with Crippen molar-refractivity contribution >= 4 is 27.5 Å². The molecule has 0 aliphatic carbocycles. The number of anilines is 1. The van der Waals surface area contributed by atoms with Gasteiger partial charge in [-0.15, -0.1) is 0 Å². The van der Waals surface area contributed by atoms with Gasteiger partial charge in [0.25, 0.3) is 0 Å². The van der Waals surface area contributed by atoms with Crippen LogP contribution in [0.4, 0.5) is 5.69 Å². The first-order valence-corrected chi connectivity index (χ1v) is 7.50. The van der Waals surface area contributed by atoms with E-state index in [9.17, 15) is 4.79 Å². The van der Waals surface area contributed by atoms with Crippen molar-refractivity contribution in [1.29, 1.82) is 0 Å². The minimum atomic E-state index is 0.0205. The van der Waals surface area contributed by atoms with Crippen molar-refractivity contribution in [1.82, 2.24) is 0 Å². The zero-order chi connectivity index (χ0) is 14.1. The number of halogens is 1. The molecule has 0 aromatic heterocycles. The van der Waals surface area contributed by atoms with Crippen LogP contribution in [0.3, 0.4) is 0 Å².